The normalized spacial score (nSPS) is 19.6. The van der Waals surface area contributed by atoms with Crippen LogP contribution in [0.2, 0.25) is 0 Å². The average molecular weight is 442 g/mol. The minimum atomic E-state index is -2.71. The second kappa shape index (κ2) is 7.60. The van der Waals surface area contributed by atoms with E-state index in [0.29, 0.717) is 24.5 Å². The van der Waals surface area contributed by atoms with Crippen LogP contribution in [0.25, 0.3) is 16.0 Å². The van der Waals surface area contributed by atoms with E-state index in [0.717, 1.165) is 22.2 Å². The molecule has 160 valence electrons. The van der Waals surface area contributed by atoms with Crippen molar-refractivity contribution in [2.24, 2.45) is 5.92 Å². The third kappa shape index (κ3) is 3.44. The van der Waals surface area contributed by atoms with Crippen molar-refractivity contribution in [3.05, 3.63) is 52.6 Å². The van der Waals surface area contributed by atoms with Crippen LogP contribution in [-0.4, -0.2) is 48.5 Å². The quantitative estimate of drug-likeness (QED) is 0.474. The first-order valence-corrected chi connectivity index (χ1v) is 10.9. The number of carbonyl (C=O) groups excluding carboxylic acids is 1. The molecule has 7 nitrogen and oxygen atoms in total. The van der Waals surface area contributed by atoms with Gasteiger partial charge in [-0.2, -0.15) is 10.1 Å². The number of amides is 1. The highest BCUT2D eigenvalue weighted by Crippen LogP contribution is 2.34. The van der Waals surface area contributed by atoms with Gasteiger partial charge >= 0.3 is 0 Å². The molecule has 0 bridgehead atoms. The number of fused-ring (bicyclic) bond motifs is 2. The zero-order chi connectivity index (χ0) is 21.7. The summed E-state index contributed by atoms with van der Waals surface area (Å²) in [5, 5.41) is 6.20. The highest BCUT2D eigenvalue weighted by atomic mass is 32.1. The van der Waals surface area contributed by atoms with Gasteiger partial charge in [-0.25, -0.2) is 23.3 Å². The van der Waals surface area contributed by atoms with Gasteiger partial charge in [0.15, 0.2) is 0 Å². The smallest absolute Gasteiger partial charge is 0.280 e. The SMILES string of the molecule is Cc1csc2ccc(C(=O)N3CC[C@@H](C)[C@H](c4cc(C(F)F)nc5ncnn45)C3)nc12. The summed E-state index contributed by atoms with van der Waals surface area (Å²) in [6.45, 7) is 5.03. The molecule has 5 heterocycles. The van der Waals surface area contributed by atoms with Crippen LogP contribution in [0.5, 0.6) is 0 Å². The fourth-order valence-corrected chi connectivity index (χ4v) is 5.06. The Morgan fingerprint density at radius 3 is 2.94 bits per heavy atom. The highest BCUT2D eigenvalue weighted by Gasteiger charge is 2.33. The van der Waals surface area contributed by atoms with E-state index in [1.54, 1.807) is 22.3 Å². The Morgan fingerprint density at radius 2 is 2.13 bits per heavy atom. The number of thiophene rings is 1. The number of hydrogen-bond donors (Lipinski definition) is 0. The Labute approximate surface area is 180 Å². The molecule has 0 saturated carbocycles. The molecule has 0 radical (unpaired) electrons. The third-order valence-electron chi connectivity index (χ3n) is 5.96. The maximum Gasteiger partial charge on any atom is 0.280 e. The second-order valence-electron chi connectivity index (χ2n) is 7.96. The molecule has 31 heavy (non-hydrogen) atoms. The van der Waals surface area contributed by atoms with Gasteiger partial charge in [-0.3, -0.25) is 4.79 Å². The van der Waals surface area contributed by atoms with Crippen molar-refractivity contribution in [2.75, 3.05) is 13.1 Å². The molecule has 1 aliphatic heterocycles. The lowest BCUT2D eigenvalue weighted by Gasteiger charge is -2.37. The molecule has 10 heteroatoms. The van der Waals surface area contributed by atoms with Crippen LogP contribution in [0.4, 0.5) is 8.78 Å². The van der Waals surface area contributed by atoms with Gasteiger partial charge in [0.05, 0.1) is 15.9 Å². The lowest BCUT2D eigenvalue weighted by molar-refractivity contribution is 0.0660. The topological polar surface area (TPSA) is 76.3 Å². The zero-order valence-corrected chi connectivity index (χ0v) is 17.8. The van der Waals surface area contributed by atoms with Crippen molar-refractivity contribution in [3.8, 4) is 0 Å². The number of alkyl halides is 2. The summed E-state index contributed by atoms with van der Waals surface area (Å²) >= 11 is 1.60. The van der Waals surface area contributed by atoms with Crippen LogP contribution in [0, 0.1) is 12.8 Å². The van der Waals surface area contributed by atoms with E-state index in [1.165, 1.54) is 16.9 Å². The Morgan fingerprint density at radius 1 is 1.29 bits per heavy atom. The summed E-state index contributed by atoms with van der Waals surface area (Å²) in [6, 6.07) is 5.07. The first-order chi connectivity index (χ1) is 14.9. The standard InChI is InChI=1S/C21H20F2N6OS/c1-11-5-6-28(20(30)14-3-4-17-18(26-14)12(2)9-31-17)8-13(11)16-7-15(19(22)23)27-21-24-10-25-29(16)21/h3-4,7,9-11,13,19H,5-6,8H2,1-2H3/t11-,13-/m1/s1. The third-order valence-corrected chi connectivity index (χ3v) is 7.02. The number of aryl methyl sites for hydroxylation is 1. The monoisotopic (exact) mass is 442 g/mol. The largest absolute Gasteiger partial charge is 0.337 e. The van der Waals surface area contributed by atoms with Crippen LogP contribution >= 0.6 is 11.3 Å². The molecule has 0 unspecified atom stereocenters. The summed E-state index contributed by atoms with van der Waals surface area (Å²) in [5.41, 5.74) is 2.56. The molecule has 0 aromatic carbocycles. The van der Waals surface area contributed by atoms with Crippen molar-refractivity contribution in [2.45, 2.75) is 32.6 Å². The molecule has 5 rings (SSSR count). The van der Waals surface area contributed by atoms with Gasteiger partial charge in [0.2, 0.25) is 0 Å². The Balaban J connectivity index is 1.49. The molecule has 0 spiro atoms. The van der Waals surface area contributed by atoms with Crippen molar-refractivity contribution in [1.82, 2.24) is 29.5 Å². The summed E-state index contributed by atoms with van der Waals surface area (Å²) in [6.07, 6.45) is -0.653. The number of aromatic nitrogens is 5. The number of carbonyl (C=O) groups is 1. The lowest BCUT2D eigenvalue weighted by atomic mass is 9.84. The average Bonchev–Trinajstić information content (AvgIpc) is 3.39. The molecule has 1 saturated heterocycles. The van der Waals surface area contributed by atoms with Crippen molar-refractivity contribution in [1.29, 1.82) is 0 Å². The highest BCUT2D eigenvalue weighted by molar-refractivity contribution is 7.17. The van der Waals surface area contributed by atoms with Crippen LogP contribution < -0.4 is 0 Å². The summed E-state index contributed by atoms with van der Waals surface area (Å²) in [4.78, 5) is 27.5. The van der Waals surface area contributed by atoms with Gasteiger partial charge in [-0.05, 0) is 48.4 Å². The van der Waals surface area contributed by atoms with Crippen LogP contribution in [0.1, 0.15) is 53.1 Å². The number of nitrogens with zero attached hydrogens (tertiary/aromatic N) is 6. The van der Waals surface area contributed by atoms with Crippen molar-refractivity contribution in [3.63, 3.8) is 0 Å². The molecule has 1 aliphatic rings. The number of likely N-dealkylation sites (tertiary alicyclic amines) is 1. The maximum absolute atomic E-state index is 13.4. The number of piperidine rings is 1. The molecule has 0 N–H and O–H groups in total. The first kappa shape index (κ1) is 19.9. The van der Waals surface area contributed by atoms with Crippen LogP contribution in [0.3, 0.4) is 0 Å². The van der Waals surface area contributed by atoms with Crippen LogP contribution in [-0.2, 0) is 0 Å². The number of hydrogen-bond acceptors (Lipinski definition) is 6. The van der Waals surface area contributed by atoms with Gasteiger partial charge < -0.3 is 4.90 Å². The molecule has 2 atom stereocenters. The van der Waals surface area contributed by atoms with E-state index in [4.69, 9.17) is 0 Å². The molecule has 4 aromatic heterocycles. The molecule has 1 fully saturated rings. The van der Waals surface area contributed by atoms with E-state index in [2.05, 4.69) is 27.0 Å². The Bertz CT molecular complexity index is 1290. The van der Waals surface area contributed by atoms with Gasteiger partial charge in [0.25, 0.3) is 18.1 Å². The minimum Gasteiger partial charge on any atom is -0.337 e. The summed E-state index contributed by atoms with van der Waals surface area (Å²) in [7, 11) is 0. The van der Waals surface area contributed by atoms with E-state index in [9.17, 15) is 13.6 Å². The maximum atomic E-state index is 13.4. The van der Waals surface area contributed by atoms with Gasteiger partial charge in [-0.1, -0.05) is 6.92 Å². The second-order valence-corrected chi connectivity index (χ2v) is 8.88. The first-order valence-electron chi connectivity index (χ1n) is 10.0. The van der Waals surface area contributed by atoms with Crippen molar-refractivity contribution < 1.29 is 13.6 Å². The van der Waals surface area contributed by atoms with Gasteiger partial charge in [0.1, 0.15) is 17.7 Å². The Kier molecular flexibility index (Phi) is 4.88. The van der Waals surface area contributed by atoms with Crippen molar-refractivity contribution >= 4 is 33.2 Å². The van der Waals surface area contributed by atoms with Crippen LogP contribution in [0.15, 0.2) is 29.9 Å². The number of pyridine rings is 1. The predicted molar refractivity (Wildman–Crippen MR) is 113 cm³/mol. The minimum absolute atomic E-state index is 0.142. The predicted octanol–water partition coefficient (Wildman–Crippen LogP) is 4.25. The number of rotatable bonds is 3. The van der Waals surface area contributed by atoms with E-state index >= 15 is 0 Å². The summed E-state index contributed by atoms with van der Waals surface area (Å²) < 4.78 is 29.4. The lowest BCUT2D eigenvalue weighted by Crippen LogP contribution is -2.43. The molecule has 1 amide bonds. The summed E-state index contributed by atoms with van der Waals surface area (Å²) in [5.74, 6) is -0.00109. The van der Waals surface area contributed by atoms with E-state index in [-0.39, 0.29) is 29.2 Å². The molecular formula is C21H20F2N6OS. The molecule has 4 aromatic rings. The van der Waals surface area contributed by atoms with E-state index < -0.39 is 6.43 Å². The zero-order valence-electron chi connectivity index (χ0n) is 17.0. The fourth-order valence-electron chi connectivity index (χ4n) is 4.18. The molecule has 0 aliphatic carbocycles. The number of halogens is 2. The Hall–Kier alpha value is -3.01. The van der Waals surface area contributed by atoms with Gasteiger partial charge in [0, 0.05) is 19.0 Å². The van der Waals surface area contributed by atoms with Gasteiger partial charge in [-0.15, -0.1) is 11.3 Å². The molecular weight excluding hydrogens is 422 g/mol. The van der Waals surface area contributed by atoms with E-state index in [1.807, 2.05) is 18.4 Å². The fraction of sp³-hybridized carbons (Fsp3) is 0.381.